The van der Waals surface area contributed by atoms with Gasteiger partial charge < -0.3 is 14.6 Å². The Morgan fingerprint density at radius 1 is 1.35 bits per heavy atom. The fourth-order valence-electron chi connectivity index (χ4n) is 3.15. The topological polar surface area (TPSA) is 65.8 Å². The fraction of sp³-hybridized carbons (Fsp3) is 0.368. The van der Waals surface area contributed by atoms with Gasteiger partial charge in [-0.1, -0.05) is 23.7 Å². The van der Waals surface area contributed by atoms with E-state index in [2.05, 4.69) is 5.32 Å². The van der Waals surface area contributed by atoms with Crippen molar-refractivity contribution >= 4 is 29.1 Å². The Hall–Kier alpha value is -2.31. The number of rotatable bonds is 6. The molecule has 0 bridgehead atoms. The summed E-state index contributed by atoms with van der Waals surface area (Å²) in [6.45, 7) is 0.748. The van der Waals surface area contributed by atoms with Crippen LogP contribution in [0.4, 0.5) is 5.69 Å². The van der Waals surface area contributed by atoms with E-state index in [1.807, 2.05) is 43.3 Å². The van der Waals surface area contributed by atoms with Gasteiger partial charge in [-0.25, -0.2) is 0 Å². The number of nitrogens with zero attached hydrogens (tertiary/aromatic N) is 2. The van der Waals surface area contributed by atoms with E-state index in [1.54, 1.807) is 23.3 Å². The minimum Gasteiger partial charge on any atom is -0.468 e. The van der Waals surface area contributed by atoms with Crippen LogP contribution in [0.5, 0.6) is 0 Å². The molecule has 1 N–H and O–H groups in total. The number of amides is 2. The highest BCUT2D eigenvalue weighted by atomic mass is 35.5. The van der Waals surface area contributed by atoms with Crippen LogP contribution in [-0.4, -0.2) is 43.9 Å². The maximum atomic E-state index is 12.6. The minimum absolute atomic E-state index is 0.0641. The number of carbonyl (C=O) groups is 2. The molecule has 3 rings (SSSR count). The van der Waals surface area contributed by atoms with E-state index in [1.165, 1.54) is 0 Å². The molecule has 1 aromatic heterocycles. The summed E-state index contributed by atoms with van der Waals surface area (Å²) in [5.41, 5.74) is 0.649. The summed E-state index contributed by atoms with van der Waals surface area (Å²) in [4.78, 5) is 28.5. The summed E-state index contributed by atoms with van der Waals surface area (Å²) in [6, 6.07) is 10.8. The lowest BCUT2D eigenvalue weighted by Gasteiger charge is -2.23. The zero-order chi connectivity index (χ0) is 18.7. The number of likely N-dealkylation sites (N-methyl/N-ethyl adjacent to an activating group) is 1. The molecular formula is C19H22ClN3O3. The highest BCUT2D eigenvalue weighted by molar-refractivity contribution is 6.33. The molecule has 1 aromatic carbocycles. The summed E-state index contributed by atoms with van der Waals surface area (Å²) in [7, 11) is 3.86. The Balaban J connectivity index is 1.62. The highest BCUT2D eigenvalue weighted by Gasteiger charge is 2.36. The average molecular weight is 376 g/mol. The first-order chi connectivity index (χ1) is 12.5. The van der Waals surface area contributed by atoms with E-state index in [4.69, 9.17) is 16.0 Å². The number of hydrogen-bond donors (Lipinski definition) is 1. The zero-order valence-corrected chi connectivity index (χ0v) is 15.6. The van der Waals surface area contributed by atoms with E-state index in [9.17, 15) is 9.59 Å². The van der Waals surface area contributed by atoms with Crippen LogP contribution in [0.25, 0.3) is 0 Å². The first kappa shape index (κ1) is 18.5. The lowest BCUT2D eigenvalue weighted by Crippen LogP contribution is -2.38. The molecule has 1 aliphatic heterocycles. The SMILES string of the molecule is CN(C)C(CNC(=O)C1CC(=O)N(c2ccccc2Cl)C1)c1ccco1. The molecule has 2 atom stereocenters. The van der Waals surface area contributed by atoms with Gasteiger partial charge in [0.2, 0.25) is 11.8 Å². The van der Waals surface area contributed by atoms with Crippen molar-refractivity contribution in [3.05, 3.63) is 53.4 Å². The molecule has 26 heavy (non-hydrogen) atoms. The molecule has 7 heteroatoms. The fourth-order valence-corrected chi connectivity index (χ4v) is 3.38. The van der Waals surface area contributed by atoms with Gasteiger partial charge in [0.25, 0.3) is 0 Å². The summed E-state index contributed by atoms with van der Waals surface area (Å²) in [6.07, 6.45) is 1.80. The zero-order valence-electron chi connectivity index (χ0n) is 14.8. The number of hydrogen-bond acceptors (Lipinski definition) is 4. The molecule has 0 spiro atoms. The smallest absolute Gasteiger partial charge is 0.227 e. The molecular weight excluding hydrogens is 354 g/mol. The number of nitrogens with one attached hydrogen (secondary N) is 1. The van der Waals surface area contributed by atoms with Crippen LogP contribution in [0.1, 0.15) is 18.2 Å². The van der Waals surface area contributed by atoms with Crippen LogP contribution < -0.4 is 10.2 Å². The quantitative estimate of drug-likeness (QED) is 0.843. The molecule has 1 fully saturated rings. The van der Waals surface area contributed by atoms with Gasteiger partial charge in [-0.15, -0.1) is 0 Å². The van der Waals surface area contributed by atoms with Gasteiger partial charge in [-0.2, -0.15) is 0 Å². The van der Waals surface area contributed by atoms with Gasteiger partial charge in [-0.3, -0.25) is 14.5 Å². The summed E-state index contributed by atoms with van der Waals surface area (Å²) in [5, 5.41) is 3.46. The highest BCUT2D eigenvalue weighted by Crippen LogP contribution is 2.31. The third-order valence-electron chi connectivity index (χ3n) is 4.60. The van der Waals surface area contributed by atoms with Crippen molar-refractivity contribution in [3.63, 3.8) is 0 Å². The maximum absolute atomic E-state index is 12.6. The molecule has 1 aliphatic rings. The maximum Gasteiger partial charge on any atom is 0.227 e. The number of para-hydroxylation sites is 1. The van der Waals surface area contributed by atoms with Gasteiger partial charge >= 0.3 is 0 Å². The molecule has 138 valence electrons. The van der Waals surface area contributed by atoms with Gasteiger partial charge in [0.05, 0.1) is 28.9 Å². The lowest BCUT2D eigenvalue weighted by atomic mass is 10.1. The second-order valence-electron chi connectivity index (χ2n) is 6.60. The van der Waals surface area contributed by atoms with Crippen molar-refractivity contribution in [1.82, 2.24) is 10.2 Å². The van der Waals surface area contributed by atoms with E-state index in [-0.39, 0.29) is 24.3 Å². The van der Waals surface area contributed by atoms with Gasteiger partial charge in [-0.05, 0) is 38.4 Å². The Kier molecular flexibility index (Phi) is 5.64. The van der Waals surface area contributed by atoms with E-state index < -0.39 is 5.92 Å². The Morgan fingerprint density at radius 2 is 2.12 bits per heavy atom. The third kappa shape index (κ3) is 3.92. The first-order valence-corrected chi connectivity index (χ1v) is 8.87. The summed E-state index contributed by atoms with van der Waals surface area (Å²) < 4.78 is 5.45. The molecule has 2 heterocycles. The van der Waals surface area contributed by atoms with Crippen molar-refractivity contribution in [3.8, 4) is 0 Å². The van der Waals surface area contributed by atoms with E-state index >= 15 is 0 Å². The molecule has 0 saturated carbocycles. The lowest BCUT2D eigenvalue weighted by molar-refractivity contribution is -0.126. The van der Waals surface area contributed by atoms with Crippen molar-refractivity contribution in [2.45, 2.75) is 12.5 Å². The number of benzene rings is 1. The molecule has 0 aliphatic carbocycles. The van der Waals surface area contributed by atoms with E-state index in [0.29, 0.717) is 23.8 Å². The van der Waals surface area contributed by atoms with Gasteiger partial charge in [0, 0.05) is 19.5 Å². The van der Waals surface area contributed by atoms with Crippen molar-refractivity contribution in [2.75, 3.05) is 32.1 Å². The van der Waals surface area contributed by atoms with Crippen molar-refractivity contribution in [1.29, 1.82) is 0 Å². The van der Waals surface area contributed by atoms with Gasteiger partial charge in [0.15, 0.2) is 0 Å². The van der Waals surface area contributed by atoms with Crippen molar-refractivity contribution in [2.24, 2.45) is 5.92 Å². The second kappa shape index (κ2) is 7.93. The molecule has 0 radical (unpaired) electrons. The molecule has 1 saturated heterocycles. The molecule has 2 aromatic rings. The van der Waals surface area contributed by atoms with E-state index in [0.717, 1.165) is 5.76 Å². The number of carbonyl (C=O) groups excluding carboxylic acids is 2. The number of anilines is 1. The predicted octanol–water partition coefficient (Wildman–Crippen LogP) is 2.71. The monoisotopic (exact) mass is 375 g/mol. The first-order valence-electron chi connectivity index (χ1n) is 8.50. The van der Waals surface area contributed by atoms with Crippen LogP contribution in [-0.2, 0) is 9.59 Å². The van der Waals surface area contributed by atoms with Crippen molar-refractivity contribution < 1.29 is 14.0 Å². The summed E-state index contributed by atoms with van der Waals surface area (Å²) >= 11 is 6.18. The minimum atomic E-state index is -0.391. The average Bonchev–Trinajstić information content (AvgIpc) is 3.25. The summed E-state index contributed by atoms with van der Waals surface area (Å²) in [5.74, 6) is 0.174. The third-order valence-corrected chi connectivity index (χ3v) is 4.92. The van der Waals surface area contributed by atoms with Crippen LogP contribution in [0, 0.1) is 5.92 Å². The number of furan rings is 1. The number of halogens is 1. The van der Waals surface area contributed by atoms with Crippen LogP contribution >= 0.6 is 11.6 Å². The van der Waals surface area contributed by atoms with Crippen LogP contribution in [0.15, 0.2) is 47.1 Å². The normalized spacial score (nSPS) is 18.4. The molecule has 2 amide bonds. The Bertz CT molecular complexity index is 776. The largest absolute Gasteiger partial charge is 0.468 e. The molecule has 6 nitrogen and oxygen atoms in total. The molecule has 2 unspecified atom stereocenters. The Labute approximate surface area is 157 Å². The van der Waals surface area contributed by atoms with Gasteiger partial charge in [0.1, 0.15) is 5.76 Å². The van der Waals surface area contributed by atoms with Crippen LogP contribution in [0.3, 0.4) is 0 Å². The predicted molar refractivity (Wildman–Crippen MR) is 100 cm³/mol. The van der Waals surface area contributed by atoms with Crippen LogP contribution in [0.2, 0.25) is 5.02 Å². The Morgan fingerprint density at radius 3 is 2.77 bits per heavy atom. The standard InChI is InChI=1S/C19H22ClN3O3/c1-22(2)16(17-8-5-9-26-17)11-21-19(25)13-10-18(24)23(12-13)15-7-4-3-6-14(15)20/h3-9,13,16H,10-12H2,1-2H3,(H,21,25). The second-order valence-corrected chi connectivity index (χ2v) is 7.00.